The van der Waals surface area contributed by atoms with Gasteiger partial charge >= 0.3 is 64.5 Å². The molecule has 6 aromatic rings. The molecule has 3 aromatic heterocycles. The monoisotopic (exact) mass is 1230 g/mol. The van der Waals surface area contributed by atoms with Crippen LogP contribution < -0.4 is 31.2 Å². The second-order valence-corrected chi connectivity index (χ2v) is 24.7. The first kappa shape index (κ1) is 68.1. The van der Waals surface area contributed by atoms with Crippen LogP contribution in [0.2, 0.25) is 0 Å². The van der Waals surface area contributed by atoms with Gasteiger partial charge in [-0.1, -0.05) is 53.1 Å². The van der Waals surface area contributed by atoms with Crippen molar-refractivity contribution in [2.45, 2.75) is 168 Å². The number of hydrogen-bond acceptors (Lipinski definition) is 16. The fourth-order valence-corrected chi connectivity index (χ4v) is 13.5. The topological polar surface area (TPSA) is 253 Å². The van der Waals surface area contributed by atoms with Gasteiger partial charge in [0.1, 0.15) is 0 Å². The minimum atomic E-state index is -3.76. The van der Waals surface area contributed by atoms with Crippen molar-refractivity contribution in [3.05, 3.63) is 107 Å². The van der Waals surface area contributed by atoms with Crippen molar-refractivity contribution >= 4 is 38.7 Å². The van der Waals surface area contributed by atoms with Crippen LogP contribution >= 0.6 is 22.8 Å². The summed E-state index contributed by atoms with van der Waals surface area (Å²) in [6, 6.07) is 23.9. The van der Waals surface area contributed by atoms with Crippen molar-refractivity contribution in [1.29, 1.82) is 5.26 Å². The first-order valence-corrected chi connectivity index (χ1v) is 29.2. The van der Waals surface area contributed by atoms with Crippen molar-refractivity contribution < 1.29 is 97.9 Å². The molecule has 0 aliphatic rings. The summed E-state index contributed by atoms with van der Waals surface area (Å²) >= 11 is 0. The van der Waals surface area contributed by atoms with Crippen molar-refractivity contribution in [3.8, 4) is 40.8 Å². The van der Waals surface area contributed by atoms with Crippen LogP contribution in [0.15, 0.2) is 72.8 Å². The molecule has 3 aromatic carbocycles. The Morgan fingerprint density at radius 3 is 0.711 bits per heavy atom. The van der Waals surface area contributed by atoms with E-state index in [0.29, 0.717) is 34.1 Å². The molecule has 0 aliphatic heterocycles. The fourth-order valence-electron chi connectivity index (χ4n) is 7.08. The van der Waals surface area contributed by atoms with Crippen LogP contribution in [0.3, 0.4) is 0 Å². The zero-order chi connectivity index (χ0) is 56.9. The van der Waals surface area contributed by atoms with E-state index in [9.17, 15) is 29.0 Å². The summed E-state index contributed by atoms with van der Waals surface area (Å²) in [5, 5.41) is 58.7. The summed E-state index contributed by atoms with van der Waals surface area (Å²) in [5.41, 5.74) is 6.12. The summed E-state index contributed by atoms with van der Waals surface area (Å²) < 4.78 is 76.8. The average Bonchev–Trinajstić information content (AvgIpc) is 3.87. The van der Waals surface area contributed by atoms with Gasteiger partial charge in [0.15, 0.2) is 0 Å². The molecule has 0 amide bonds. The normalized spacial score (nSPS) is 11.8. The van der Waals surface area contributed by atoms with E-state index in [1.165, 1.54) is 21.0 Å². The largest absolute Gasteiger partial charge is 3.00 e. The molecule has 0 N–H and O–H groups in total. The van der Waals surface area contributed by atoms with Crippen LogP contribution in [-0.2, 0) is 40.8 Å². The van der Waals surface area contributed by atoms with Gasteiger partial charge in [-0.25, -0.2) is 14.0 Å². The predicted octanol–water partition coefficient (Wildman–Crippen LogP) is 10.2. The fraction of sp³-hybridized carbons (Fsp3) is 0.472. The maximum atomic E-state index is 13.3. The minimum Gasteiger partial charge on any atom is -0.858 e. The van der Waals surface area contributed by atoms with E-state index in [2.05, 4.69) is 15.3 Å². The van der Waals surface area contributed by atoms with E-state index in [-0.39, 0.29) is 94.3 Å². The van der Waals surface area contributed by atoms with Crippen molar-refractivity contribution in [1.82, 2.24) is 29.3 Å². The molecule has 0 saturated carbocycles. The standard InChI is InChI=1S/3C17H25N2O4P.C2H3N.Ce/c3*1-11(2)22-24(21,23-12(3)4)16-14(6)18-19(17(16)20)15-9-7-13(5)8-10-15;1-2-3;/h3*7-12,20H,1-6H3;1H3;/q;;;;+3/p-3. The molecule has 76 heavy (non-hydrogen) atoms. The Morgan fingerprint density at radius 1 is 0.408 bits per heavy atom. The van der Waals surface area contributed by atoms with Crippen LogP contribution in [0.25, 0.3) is 17.1 Å². The Morgan fingerprint density at radius 2 is 0.566 bits per heavy atom. The predicted molar refractivity (Wildman–Crippen MR) is 288 cm³/mol. The smallest absolute Gasteiger partial charge is 0.858 e. The molecular weight excluding hydrogens is 1160 g/mol. The van der Waals surface area contributed by atoms with E-state index in [1.54, 1.807) is 146 Å². The van der Waals surface area contributed by atoms with E-state index in [1.807, 2.05) is 57.2 Å². The molecule has 23 heteroatoms. The van der Waals surface area contributed by atoms with Crippen LogP contribution in [0.4, 0.5) is 0 Å². The van der Waals surface area contributed by atoms with Gasteiger partial charge in [-0.2, -0.15) is 20.6 Å². The molecule has 0 saturated heterocycles. The second-order valence-electron chi connectivity index (χ2n) is 19.1. The van der Waals surface area contributed by atoms with Gasteiger partial charge in [0, 0.05) is 24.6 Å². The Bertz CT molecular complexity index is 2630. The summed E-state index contributed by atoms with van der Waals surface area (Å²) in [5.74, 6) is -1.41. The van der Waals surface area contributed by atoms with Crippen molar-refractivity contribution in [2.24, 2.45) is 0 Å². The molecule has 19 nitrogen and oxygen atoms in total. The third-order valence-electron chi connectivity index (χ3n) is 9.72. The number of rotatable bonds is 18. The molecule has 413 valence electrons. The molecule has 0 fully saturated rings. The zero-order valence-corrected chi connectivity index (χ0v) is 53.1. The van der Waals surface area contributed by atoms with E-state index >= 15 is 0 Å². The average molecular weight is 1240 g/mol. The maximum absolute atomic E-state index is 13.3. The van der Waals surface area contributed by atoms with Crippen LogP contribution in [0.1, 0.15) is 124 Å². The second kappa shape index (κ2) is 29.8. The molecule has 1 radical (unpaired) electrons. The maximum Gasteiger partial charge on any atom is 3.00 e. The van der Waals surface area contributed by atoms with E-state index < -0.39 is 40.4 Å². The molecule has 0 atom stereocenters. The van der Waals surface area contributed by atoms with Gasteiger partial charge < -0.3 is 42.5 Å². The molecule has 0 bridgehead atoms. The number of nitrogens with zero attached hydrogens (tertiary/aromatic N) is 7. The van der Waals surface area contributed by atoms with Crippen molar-refractivity contribution in [3.63, 3.8) is 0 Å². The van der Waals surface area contributed by atoms with Gasteiger partial charge in [0.2, 0.25) is 0 Å². The van der Waals surface area contributed by atoms with Gasteiger partial charge in [-0.05, 0) is 161 Å². The minimum absolute atomic E-state index is 0. The van der Waals surface area contributed by atoms with Crippen molar-refractivity contribution in [2.75, 3.05) is 0 Å². The summed E-state index contributed by atoms with van der Waals surface area (Å²) in [7, 11) is -11.3. The molecule has 6 rings (SSSR count). The number of nitriles is 1. The first-order valence-electron chi connectivity index (χ1n) is 24.6. The SMILES string of the molecule is CC#N.Cc1ccc(-n2nc(C)c(P(=O)(OC(C)C)OC(C)C)c2[O-])cc1.Cc1ccc(-n2nc(C)c(P(=O)(OC(C)C)OC(C)C)c2[O-])cc1.Cc1ccc(-n2nc(C)c(P(=O)(OC(C)C)OC(C)C)c2[O-])cc1.[Ce+3]. The first-order chi connectivity index (χ1) is 34.8. The molecule has 0 spiro atoms. The summed E-state index contributed by atoms with van der Waals surface area (Å²) in [6.07, 6.45) is -2.10. The quantitative estimate of drug-likeness (QED) is 0.0725. The molecular formula is C53H75CeN7O12P3. The molecule has 3 heterocycles. The molecule has 0 unspecified atom stereocenters. The zero-order valence-electron chi connectivity index (χ0n) is 47.3. The number of aromatic nitrogens is 6. The van der Waals surface area contributed by atoms with E-state index in [4.69, 9.17) is 32.4 Å². The third kappa shape index (κ3) is 18.6. The molecule has 0 aliphatic carbocycles. The number of aryl methyl sites for hydroxylation is 6. The third-order valence-corrected chi connectivity index (χ3v) is 17.1. The van der Waals surface area contributed by atoms with Crippen LogP contribution in [0, 0.1) is 94.6 Å². The van der Waals surface area contributed by atoms with Gasteiger partial charge in [-0.3, -0.25) is 13.7 Å². The number of benzene rings is 3. The Labute approximate surface area is 483 Å². The van der Waals surface area contributed by atoms with E-state index in [0.717, 1.165) is 16.7 Å². The van der Waals surface area contributed by atoms with Crippen LogP contribution in [-0.4, -0.2) is 66.0 Å². The Kier molecular flexibility index (Phi) is 26.7. The van der Waals surface area contributed by atoms with Gasteiger partial charge in [-0.15, -0.1) is 0 Å². The van der Waals surface area contributed by atoms with Gasteiger partial charge in [0.25, 0.3) is 0 Å². The summed E-state index contributed by atoms with van der Waals surface area (Å²) in [4.78, 5) is 0. The Balaban J connectivity index is 0.000000377. The van der Waals surface area contributed by atoms with Gasteiger partial charge in [0.05, 0.1) is 92.8 Å². The Hall–Kier alpha value is -3.99. The summed E-state index contributed by atoms with van der Waals surface area (Å²) in [6.45, 7) is 33.2. The number of hydrogen-bond donors (Lipinski definition) is 0. The van der Waals surface area contributed by atoms with Crippen LogP contribution in [0.5, 0.6) is 17.6 Å².